The zero-order valence-corrected chi connectivity index (χ0v) is 16.3. The molecule has 4 aliphatic rings. The predicted octanol–water partition coefficient (Wildman–Crippen LogP) is 5.18. The molecule has 0 aliphatic heterocycles. The molecule has 5 rings (SSSR count). The second-order valence-corrected chi connectivity index (χ2v) is 9.35. The zero-order chi connectivity index (χ0) is 19.1. The molecule has 4 aliphatic carbocycles. The molecule has 0 N–H and O–H groups in total. The fraction of sp³-hybridized carbons (Fsp3) is 0.542. The van der Waals surface area contributed by atoms with Crippen LogP contribution in [0.25, 0.3) is 0 Å². The lowest BCUT2D eigenvalue weighted by molar-refractivity contribution is -0.125. The average molecular weight is 366 g/mol. The van der Waals surface area contributed by atoms with Gasteiger partial charge in [0.15, 0.2) is 5.78 Å². The maximum atomic E-state index is 15.9. The highest BCUT2D eigenvalue weighted by molar-refractivity contribution is 5.96. The lowest BCUT2D eigenvalue weighted by Gasteiger charge is -2.51. The van der Waals surface area contributed by atoms with Gasteiger partial charge in [0, 0.05) is 22.7 Å². The van der Waals surface area contributed by atoms with Crippen molar-refractivity contribution in [1.29, 1.82) is 0 Å². The van der Waals surface area contributed by atoms with E-state index in [0.717, 1.165) is 37.0 Å². The first-order valence-electron chi connectivity index (χ1n) is 10.1. The number of ketones is 1. The molecule has 27 heavy (non-hydrogen) atoms. The van der Waals surface area contributed by atoms with Crippen molar-refractivity contribution in [3.8, 4) is 5.75 Å². The summed E-state index contributed by atoms with van der Waals surface area (Å²) in [4.78, 5) is 13.2. The fourth-order valence-corrected chi connectivity index (χ4v) is 7.47. The highest BCUT2D eigenvalue weighted by Crippen LogP contribution is 2.80. The number of fused-ring (bicyclic) bond motifs is 2. The molecule has 0 saturated heterocycles. The molecule has 1 aromatic rings. The standard InChI is InChI=1S/C24H27FO2/c1-21(25)13-10-18(26)19-20(21)23-12-5-4-11-22(23,2)24(19,15-14-23)16-6-8-17(27-3)9-7-16/h6-10,13-15,19-20H,4-5,11-12H2,1-3H3/t19-,20-,21+,22+,23+,24+/m1/s1. The van der Waals surface area contributed by atoms with Crippen LogP contribution in [-0.4, -0.2) is 18.6 Å². The van der Waals surface area contributed by atoms with Gasteiger partial charge in [0.05, 0.1) is 7.11 Å². The van der Waals surface area contributed by atoms with Gasteiger partial charge in [-0.1, -0.05) is 44.1 Å². The van der Waals surface area contributed by atoms with E-state index in [2.05, 4.69) is 31.2 Å². The highest BCUT2D eigenvalue weighted by Gasteiger charge is 2.79. The number of ether oxygens (including phenoxy) is 1. The van der Waals surface area contributed by atoms with Crippen LogP contribution in [0.15, 0.2) is 48.6 Å². The Bertz CT molecular complexity index is 867. The van der Waals surface area contributed by atoms with E-state index in [-0.39, 0.29) is 28.4 Å². The van der Waals surface area contributed by atoms with Crippen LogP contribution in [-0.2, 0) is 10.2 Å². The van der Waals surface area contributed by atoms with E-state index in [0.29, 0.717) is 0 Å². The molecule has 1 aromatic carbocycles. The Morgan fingerprint density at radius 1 is 1.04 bits per heavy atom. The van der Waals surface area contributed by atoms with Gasteiger partial charge in [0.25, 0.3) is 0 Å². The van der Waals surface area contributed by atoms with Crippen LogP contribution in [0.4, 0.5) is 4.39 Å². The summed E-state index contributed by atoms with van der Waals surface area (Å²) < 4.78 is 21.2. The van der Waals surface area contributed by atoms with Gasteiger partial charge < -0.3 is 4.74 Å². The van der Waals surface area contributed by atoms with Crippen LogP contribution >= 0.6 is 0 Å². The summed E-state index contributed by atoms with van der Waals surface area (Å²) in [6.07, 6.45) is 11.8. The van der Waals surface area contributed by atoms with Gasteiger partial charge in [-0.25, -0.2) is 4.39 Å². The summed E-state index contributed by atoms with van der Waals surface area (Å²) in [5.74, 6) is 0.265. The van der Waals surface area contributed by atoms with E-state index in [1.165, 1.54) is 12.2 Å². The number of methoxy groups -OCH3 is 1. The summed E-state index contributed by atoms with van der Waals surface area (Å²) in [6.45, 7) is 3.99. The van der Waals surface area contributed by atoms with Crippen molar-refractivity contribution in [2.24, 2.45) is 22.7 Å². The molecule has 2 fully saturated rings. The van der Waals surface area contributed by atoms with E-state index < -0.39 is 11.1 Å². The Morgan fingerprint density at radius 2 is 1.74 bits per heavy atom. The second kappa shape index (κ2) is 5.12. The molecule has 0 radical (unpaired) electrons. The van der Waals surface area contributed by atoms with Crippen LogP contribution < -0.4 is 4.74 Å². The molecule has 0 heterocycles. The lowest BCUT2D eigenvalue weighted by Crippen LogP contribution is -2.50. The van der Waals surface area contributed by atoms with E-state index >= 15 is 4.39 Å². The minimum Gasteiger partial charge on any atom is -0.497 e. The lowest BCUT2D eigenvalue weighted by atomic mass is 9.52. The molecule has 2 nitrogen and oxygen atoms in total. The van der Waals surface area contributed by atoms with Crippen LogP contribution in [0.5, 0.6) is 5.75 Å². The molecule has 2 saturated carbocycles. The molecule has 142 valence electrons. The number of allylic oxidation sites excluding steroid dienone is 4. The summed E-state index contributed by atoms with van der Waals surface area (Å²) in [5, 5.41) is 0. The van der Waals surface area contributed by atoms with Crippen LogP contribution in [0.3, 0.4) is 0 Å². The maximum absolute atomic E-state index is 15.9. The first-order valence-corrected chi connectivity index (χ1v) is 10.1. The summed E-state index contributed by atoms with van der Waals surface area (Å²) in [7, 11) is 1.66. The van der Waals surface area contributed by atoms with Gasteiger partial charge in [0.1, 0.15) is 11.4 Å². The Kier molecular flexibility index (Phi) is 3.27. The molecular weight excluding hydrogens is 339 g/mol. The fourth-order valence-electron chi connectivity index (χ4n) is 7.47. The van der Waals surface area contributed by atoms with Gasteiger partial charge in [-0.05, 0) is 55.0 Å². The van der Waals surface area contributed by atoms with Crippen LogP contribution in [0.1, 0.15) is 45.1 Å². The minimum atomic E-state index is -1.46. The van der Waals surface area contributed by atoms with E-state index in [9.17, 15) is 4.79 Å². The zero-order valence-electron chi connectivity index (χ0n) is 16.3. The summed E-state index contributed by atoms with van der Waals surface area (Å²) in [6, 6.07) is 8.11. The van der Waals surface area contributed by atoms with Crippen LogP contribution in [0.2, 0.25) is 0 Å². The van der Waals surface area contributed by atoms with Crippen molar-refractivity contribution >= 4 is 5.78 Å². The highest BCUT2D eigenvalue weighted by atomic mass is 19.1. The SMILES string of the molecule is COc1ccc([C@]23C=C[C@@]4(CCCC[C@]24C)[C@@H]2[C@H]3C(=O)C=C[C@]2(C)F)cc1. The smallest absolute Gasteiger partial charge is 0.160 e. The molecule has 3 heteroatoms. The number of benzene rings is 1. The number of hydrogen-bond donors (Lipinski definition) is 0. The minimum absolute atomic E-state index is 0.0882. The number of carbonyl (C=O) groups excluding carboxylic acids is 1. The van der Waals surface area contributed by atoms with Crippen LogP contribution in [0, 0.1) is 22.7 Å². The first kappa shape index (κ1) is 17.2. The van der Waals surface area contributed by atoms with Crippen molar-refractivity contribution in [1.82, 2.24) is 0 Å². The predicted molar refractivity (Wildman–Crippen MR) is 103 cm³/mol. The molecule has 0 amide bonds. The molecule has 0 unspecified atom stereocenters. The maximum Gasteiger partial charge on any atom is 0.160 e. The number of carbonyl (C=O) groups is 1. The van der Waals surface area contributed by atoms with E-state index in [1.807, 2.05) is 12.1 Å². The Balaban J connectivity index is 1.80. The Morgan fingerprint density at radius 3 is 2.44 bits per heavy atom. The third-order valence-electron chi connectivity index (χ3n) is 8.54. The van der Waals surface area contributed by atoms with Gasteiger partial charge in [-0.15, -0.1) is 0 Å². The number of rotatable bonds is 2. The monoisotopic (exact) mass is 366 g/mol. The Hall–Kier alpha value is -1.90. The summed E-state index contributed by atoms with van der Waals surface area (Å²) >= 11 is 0. The third kappa shape index (κ3) is 1.75. The van der Waals surface area contributed by atoms with Gasteiger partial charge in [-0.2, -0.15) is 0 Å². The molecule has 0 aromatic heterocycles. The number of halogens is 1. The van der Waals surface area contributed by atoms with Gasteiger partial charge >= 0.3 is 0 Å². The van der Waals surface area contributed by atoms with Crippen molar-refractivity contribution in [2.75, 3.05) is 7.11 Å². The van der Waals surface area contributed by atoms with Crippen molar-refractivity contribution in [3.05, 3.63) is 54.1 Å². The normalized spacial score (nSPS) is 47.0. The number of hydrogen-bond acceptors (Lipinski definition) is 2. The average Bonchev–Trinajstić information content (AvgIpc) is 3.06. The molecule has 0 spiro atoms. The summed E-state index contributed by atoms with van der Waals surface area (Å²) in [5.41, 5.74) is -1.18. The van der Waals surface area contributed by atoms with Crippen molar-refractivity contribution in [2.45, 2.75) is 50.6 Å². The van der Waals surface area contributed by atoms with Crippen molar-refractivity contribution < 1.29 is 13.9 Å². The van der Waals surface area contributed by atoms with E-state index in [4.69, 9.17) is 4.74 Å². The Labute approximate surface area is 160 Å². The molecule has 6 atom stereocenters. The topological polar surface area (TPSA) is 26.3 Å². The molecule has 2 bridgehead atoms. The quantitative estimate of drug-likeness (QED) is 0.674. The largest absolute Gasteiger partial charge is 0.497 e. The van der Waals surface area contributed by atoms with Crippen molar-refractivity contribution in [3.63, 3.8) is 0 Å². The molecular formula is C24H27FO2. The third-order valence-corrected chi connectivity index (χ3v) is 8.54. The second-order valence-electron chi connectivity index (χ2n) is 9.35. The van der Waals surface area contributed by atoms with E-state index in [1.54, 1.807) is 14.0 Å². The number of alkyl halides is 1. The van der Waals surface area contributed by atoms with Gasteiger partial charge in [-0.3, -0.25) is 4.79 Å². The first-order chi connectivity index (χ1) is 12.8. The van der Waals surface area contributed by atoms with Gasteiger partial charge in [0.2, 0.25) is 0 Å².